The van der Waals surface area contributed by atoms with Gasteiger partial charge in [0.2, 0.25) is 5.91 Å². The number of hydrogen-bond donors (Lipinski definition) is 2. The van der Waals surface area contributed by atoms with Crippen LogP contribution in [-0.2, 0) is 11.2 Å². The fraction of sp³-hybridized carbons (Fsp3) is 0.480. The number of anilines is 1. The van der Waals surface area contributed by atoms with Crippen molar-refractivity contribution >= 4 is 22.6 Å². The fourth-order valence-electron chi connectivity index (χ4n) is 4.91. The second-order valence-electron chi connectivity index (χ2n) is 9.10. The van der Waals surface area contributed by atoms with Gasteiger partial charge in [0, 0.05) is 24.1 Å². The van der Waals surface area contributed by atoms with Gasteiger partial charge in [0.1, 0.15) is 11.6 Å². The van der Waals surface area contributed by atoms with E-state index in [0.717, 1.165) is 46.0 Å². The maximum Gasteiger partial charge on any atom is 0.224 e. The molecule has 164 valence electrons. The lowest BCUT2D eigenvalue weighted by Gasteiger charge is -2.35. The summed E-state index contributed by atoms with van der Waals surface area (Å²) in [6.45, 7) is 12.6. The molecule has 6 nitrogen and oxygen atoms in total. The summed E-state index contributed by atoms with van der Waals surface area (Å²) in [5.74, 6) is 3.18. The van der Waals surface area contributed by atoms with Crippen molar-refractivity contribution in [3.05, 3.63) is 53.2 Å². The number of nitrogens with one attached hydrogen (secondary N) is 2. The molecule has 31 heavy (non-hydrogen) atoms. The molecule has 1 aromatic carbocycles. The van der Waals surface area contributed by atoms with Gasteiger partial charge in [-0.25, -0.2) is 4.98 Å². The number of carbonyl (C=O) groups excluding carboxylic acids is 1. The van der Waals surface area contributed by atoms with Crippen LogP contribution in [0.15, 0.2) is 34.9 Å². The highest BCUT2D eigenvalue weighted by Gasteiger charge is 2.31. The number of aromatic amines is 1. The minimum atomic E-state index is 0.0405. The van der Waals surface area contributed by atoms with E-state index in [1.807, 2.05) is 32.0 Å². The molecule has 3 aromatic rings. The van der Waals surface area contributed by atoms with Crippen LogP contribution in [0.2, 0.25) is 0 Å². The number of fused-ring (bicyclic) bond motifs is 1. The predicted molar refractivity (Wildman–Crippen MR) is 123 cm³/mol. The molecule has 1 saturated carbocycles. The van der Waals surface area contributed by atoms with E-state index in [1.165, 1.54) is 18.4 Å². The Hall–Kier alpha value is -2.89. The quantitative estimate of drug-likeness (QED) is 0.500. The molecule has 0 aliphatic heterocycles. The topological polar surface area (TPSA) is 83.8 Å². The van der Waals surface area contributed by atoms with E-state index in [2.05, 4.69) is 35.9 Å². The van der Waals surface area contributed by atoms with Crippen LogP contribution in [0.1, 0.15) is 62.4 Å². The van der Waals surface area contributed by atoms with Crippen molar-refractivity contribution in [3.8, 4) is 0 Å². The third kappa shape index (κ3) is 4.58. The van der Waals surface area contributed by atoms with Gasteiger partial charge in [-0.15, -0.1) is 0 Å². The number of nitrogens with zero attached hydrogens (tertiary/aromatic N) is 2. The first-order chi connectivity index (χ1) is 14.8. The lowest BCUT2D eigenvalue weighted by atomic mass is 9.70. The minimum Gasteiger partial charge on any atom is -0.361 e. The first-order valence-corrected chi connectivity index (χ1v) is 11.2. The maximum atomic E-state index is 12.8. The number of imidazole rings is 1. The molecule has 2 aromatic heterocycles. The van der Waals surface area contributed by atoms with Crippen molar-refractivity contribution in [2.45, 2.75) is 59.8 Å². The van der Waals surface area contributed by atoms with Crippen LogP contribution in [0.3, 0.4) is 0 Å². The van der Waals surface area contributed by atoms with Gasteiger partial charge in [-0.05, 0) is 62.6 Å². The zero-order chi connectivity index (χ0) is 22.1. The third-order valence-electron chi connectivity index (χ3n) is 6.79. The van der Waals surface area contributed by atoms with E-state index in [1.54, 1.807) is 0 Å². The number of amides is 1. The summed E-state index contributed by atoms with van der Waals surface area (Å²) in [7, 11) is 0. The Morgan fingerprint density at radius 3 is 2.84 bits per heavy atom. The Balaban J connectivity index is 1.43. The molecular formula is C25H32N4O2. The van der Waals surface area contributed by atoms with Crippen molar-refractivity contribution in [2.75, 3.05) is 5.32 Å². The molecule has 0 saturated heterocycles. The number of allylic oxidation sites excluding steroid dienone is 1. The summed E-state index contributed by atoms with van der Waals surface area (Å²) < 4.78 is 5.25. The first-order valence-electron chi connectivity index (χ1n) is 11.2. The molecule has 4 rings (SSSR count). The lowest BCUT2D eigenvalue weighted by Crippen LogP contribution is -2.28. The number of hydrogen-bond acceptors (Lipinski definition) is 4. The van der Waals surface area contributed by atoms with E-state index >= 15 is 0 Å². The van der Waals surface area contributed by atoms with Gasteiger partial charge in [0.25, 0.3) is 0 Å². The molecule has 3 atom stereocenters. The van der Waals surface area contributed by atoms with Gasteiger partial charge in [0.15, 0.2) is 0 Å². The Kier molecular flexibility index (Phi) is 5.99. The molecule has 0 spiro atoms. The number of carbonyl (C=O) groups is 1. The summed E-state index contributed by atoms with van der Waals surface area (Å²) in [4.78, 5) is 20.8. The summed E-state index contributed by atoms with van der Waals surface area (Å²) in [5, 5.41) is 7.07. The van der Waals surface area contributed by atoms with Crippen molar-refractivity contribution in [2.24, 2.45) is 17.8 Å². The van der Waals surface area contributed by atoms with Crippen LogP contribution < -0.4 is 5.32 Å². The Morgan fingerprint density at radius 2 is 2.16 bits per heavy atom. The van der Waals surface area contributed by atoms with E-state index in [9.17, 15) is 4.79 Å². The highest BCUT2D eigenvalue weighted by molar-refractivity contribution is 5.93. The number of aryl methyl sites for hydroxylation is 2. The summed E-state index contributed by atoms with van der Waals surface area (Å²) in [5.41, 5.74) is 5.72. The monoisotopic (exact) mass is 420 g/mol. The standard InChI is InChI=1S/C25H32N4O2/c1-6-18-9-14(2)20(15(3)10-18)13-25(30)26-19-7-8-22-23(11-19)28-24(27-22)12-21-16(4)29-31-17(21)5/h7-8,11,15,18,20H,2,6,9-10,12-13H2,1,3-5H3,(H,26,30)(H,27,28). The number of benzene rings is 1. The normalized spacial score (nSPS) is 21.5. The summed E-state index contributed by atoms with van der Waals surface area (Å²) in [6, 6.07) is 5.81. The Morgan fingerprint density at radius 1 is 1.35 bits per heavy atom. The SMILES string of the molecule is C=C1CC(CC)CC(C)C1CC(=O)Nc1ccc2[nH]c(Cc3c(C)noc3C)nc2c1. The van der Waals surface area contributed by atoms with Crippen molar-refractivity contribution in [3.63, 3.8) is 0 Å². The van der Waals surface area contributed by atoms with Gasteiger partial charge in [0.05, 0.1) is 16.7 Å². The van der Waals surface area contributed by atoms with Gasteiger partial charge < -0.3 is 14.8 Å². The third-order valence-corrected chi connectivity index (χ3v) is 6.79. The van der Waals surface area contributed by atoms with Crippen LogP contribution >= 0.6 is 0 Å². The second-order valence-corrected chi connectivity index (χ2v) is 9.10. The zero-order valence-electron chi connectivity index (χ0n) is 18.9. The van der Waals surface area contributed by atoms with E-state index in [0.29, 0.717) is 24.7 Å². The molecule has 0 radical (unpaired) electrons. The average molecular weight is 421 g/mol. The molecule has 1 aliphatic carbocycles. The molecule has 1 aliphatic rings. The van der Waals surface area contributed by atoms with E-state index < -0.39 is 0 Å². The smallest absolute Gasteiger partial charge is 0.224 e. The summed E-state index contributed by atoms with van der Waals surface area (Å²) >= 11 is 0. The number of H-pyrrole nitrogens is 1. The maximum absolute atomic E-state index is 12.8. The van der Waals surface area contributed by atoms with E-state index in [4.69, 9.17) is 9.51 Å². The van der Waals surface area contributed by atoms with Crippen molar-refractivity contribution in [1.29, 1.82) is 0 Å². The lowest BCUT2D eigenvalue weighted by molar-refractivity contribution is -0.117. The number of rotatable bonds is 6. The van der Waals surface area contributed by atoms with Gasteiger partial charge in [-0.3, -0.25) is 4.79 Å². The molecular weight excluding hydrogens is 388 g/mol. The van der Waals surface area contributed by atoms with Gasteiger partial charge in [-0.1, -0.05) is 37.6 Å². The molecule has 2 heterocycles. The van der Waals surface area contributed by atoms with Crippen LogP contribution in [-0.4, -0.2) is 21.0 Å². The average Bonchev–Trinajstić information content (AvgIpc) is 3.27. The first kappa shape index (κ1) is 21.3. The predicted octanol–water partition coefficient (Wildman–Crippen LogP) is 5.72. The second kappa shape index (κ2) is 8.69. The van der Waals surface area contributed by atoms with Crippen LogP contribution in [0.25, 0.3) is 11.0 Å². The zero-order valence-corrected chi connectivity index (χ0v) is 18.9. The van der Waals surface area contributed by atoms with Crippen LogP contribution in [0.4, 0.5) is 5.69 Å². The minimum absolute atomic E-state index is 0.0405. The van der Waals surface area contributed by atoms with Crippen LogP contribution in [0, 0.1) is 31.6 Å². The Labute approximate surface area is 183 Å². The van der Waals surface area contributed by atoms with Gasteiger partial charge in [-0.2, -0.15) is 0 Å². The molecule has 1 amide bonds. The largest absolute Gasteiger partial charge is 0.361 e. The van der Waals surface area contributed by atoms with Crippen molar-refractivity contribution < 1.29 is 9.32 Å². The van der Waals surface area contributed by atoms with E-state index in [-0.39, 0.29) is 11.8 Å². The highest BCUT2D eigenvalue weighted by atomic mass is 16.5. The molecule has 6 heteroatoms. The molecule has 2 N–H and O–H groups in total. The fourth-order valence-corrected chi connectivity index (χ4v) is 4.91. The molecule has 3 unspecified atom stereocenters. The Bertz CT molecular complexity index is 1090. The summed E-state index contributed by atoms with van der Waals surface area (Å²) in [6.07, 6.45) is 4.54. The van der Waals surface area contributed by atoms with Gasteiger partial charge >= 0.3 is 0 Å². The van der Waals surface area contributed by atoms with Crippen LogP contribution in [0.5, 0.6) is 0 Å². The molecule has 1 fully saturated rings. The van der Waals surface area contributed by atoms with Crippen molar-refractivity contribution in [1.82, 2.24) is 15.1 Å². The number of aromatic nitrogens is 3. The highest BCUT2D eigenvalue weighted by Crippen LogP contribution is 2.40. The molecule has 0 bridgehead atoms.